The summed E-state index contributed by atoms with van der Waals surface area (Å²) in [6, 6.07) is 2.47. The molecule has 1 rings (SSSR count). The first-order valence-electron chi connectivity index (χ1n) is 6.40. The second-order valence-corrected chi connectivity index (χ2v) is 5.20. The van der Waals surface area contributed by atoms with Gasteiger partial charge >= 0.3 is 0 Å². The van der Waals surface area contributed by atoms with Crippen LogP contribution in [0.3, 0.4) is 0 Å². The predicted molar refractivity (Wildman–Crippen MR) is 65.1 cm³/mol. The van der Waals surface area contributed by atoms with Crippen LogP contribution in [0, 0.1) is 17.2 Å². The van der Waals surface area contributed by atoms with Crippen LogP contribution in [0.2, 0.25) is 0 Å². The van der Waals surface area contributed by atoms with Gasteiger partial charge in [-0.2, -0.15) is 5.26 Å². The van der Waals surface area contributed by atoms with E-state index in [2.05, 4.69) is 32.2 Å². The highest BCUT2D eigenvalue weighted by Gasteiger charge is 2.36. The molecule has 0 aromatic carbocycles. The summed E-state index contributed by atoms with van der Waals surface area (Å²) in [5.74, 6) is 0.581. The van der Waals surface area contributed by atoms with E-state index in [0.717, 1.165) is 32.2 Å². The van der Waals surface area contributed by atoms with Gasteiger partial charge in [0.15, 0.2) is 0 Å². The van der Waals surface area contributed by atoms with Gasteiger partial charge in [0.25, 0.3) is 0 Å². The highest BCUT2D eigenvalue weighted by Crippen LogP contribution is 2.26. The Balaban J connectivity index is 2.54. The number of hydrogen-bond acceptors (Lipinski definition) is 3. The van der Waals surface area contributed by atoms with Crippen LogP contribution in [0.15, 0.2) is 0 Å². The Morgan fingerprint density at radius 2 is 2.31 bits per heavy atom. The monoisotopic (exact) mass is 224 g/mol. The molecule has 1 aliphatic heterocycles. The summed E-state index contributed by atoms with van der Waals surface area (Å²) in [6.45, 7) is 8.12. The van der Waals surface area contributed by atoms with Crippen LogP contribution in [-0.2, 0) is 4.74 Å². The zero-order valence-electron chi connectivity index (χ0n) is 10.8. The zero-order chi connectivity index (χ0) is 12.0. The fourth-order valence-corrected chi connectivity index (χ4v) is 2.16. The Morgan fingerprint density at radius 3 is 2.88 bits per heavy atom. The number of nitrogens with one attached hydrogen (secondary N) is 1. The molecular weight excluding hydrogens is 200 g/mol. The minimum atomic E-state index is -0.345. The van der Waals surface area contributed by atoms with E-state index in [4.69, 9.17) is 4.74 Å². The molecule has 3 nitrogen and oxygen atoms in total. The Bertz CT molecular complexity index is 245. The maximum atomic E-state index is 9.37. The molecule has 2 unspecified atom stereocenters. The average molecular weight is 224 g/mol. The molecule has 0 aliphatic carbocycles. The molecule has 0 saturated carbocycles. The third kappa shape index (κ3) is 3.77. The maximum Gasteiger partial charge on any atom is 0.111 e. The highest BCUT2D eigenvalue weighted by atomic mass is 16.5. The van der Waals surface area contributed by atoms with Gasteiger partial charge in [-0.25, -0.2) is 0 Å². The fourth-order valence-electron chi connectivity index (χ4n) is 2.16. The lowest BCUT2D eigenvalue weighted by Gasteiger charge is -2.37. The molecule has 3 heteroatoms. The van der Waals surface area contributed by atoms with Crippen molar-refractivity contribution in [1.29, 1.82) is 5.26 Å². The first kappa shape index (κ1) is 13.5. The largest absolute Gasteiger partial charge is 0.378 e. The zero-order valence-corrected chi connectivity index (χ0v) is 10.8. The van der Waals surface area contributed by atoms with Gasteiger partial charge < -0.3 is 4.74 Å². The van der Waals surface area contributed by atoms with E-state index in [-0.39, 0.29) is 11.6 Å². The van der Waals surface area contributed by atoms with Gasteiger partial charge in [-0.15, -0.1) is 0 Å². The van der Waals surface area contributed by atoms with E-state index in [9.17, 15) is 5.26 Å². The molecule has 0 aromatic rings. The van der Waals surface area contributed by atoms with Crippen molar-refractivity contribution in [3.05, 3.63) is 0 Å². The van der Waals surface area contributed by atoms with Crippen molar-refractivity contribution in [3.8, 4) is 6.07 Å². The summed E-state index contributed by atoms with van der Waals surface area (Å²) in [6.07, 6.45) is 4.10. The van der Waals surface area contributed by atoms with Crippen LogP contribution in [0.4, 0.5) is 0 Å². The lowest BCUT2D eigenvalue weighted by atomic mass is 9.86. The number of nitrogens with zero attached hydrogens (tertiary/aromatic N) is 1. The van der Waals surface area contributed by atoms with Crippen LogP contribution in [0.1, 0.15) is 46.5 Å². The summed E-state index contributed by atoms with van der Waals surface area (Å²) in [5, 5.41) is 12.8. The Labute approximate surface area is 99.2 Å². The first-order chi connectivity index (χ1) is 7.62. The van der Waals surface area contributed by atoms with E-state index in [0.29, 0.717) is 12.5 Å². The lowest BCUT2D eigenvalue weighted by Crippen LogP contribution is -2.51. The molecule has 1 heterocycles. The second-order valence-electron chi connectivity index (χ2n) is 5.20. The van der Waals surface area contributed by atoms with E-state index >= 15 is 0 Å². The van der Waals surface area contributed by atoms with Gasteiger partial charge in [0, 0.05) is 19.4 Å². The van der Waals surface area contributed by atoms with Crippen LogP contribution >= 0.6 is 0 Å². The first-order valence-corrected chi connectivity index (χ1v) is 6.40. The van der Waals surface area contributed by atoms with Gasteiger partial charge in [-0.05, 0) is 18.9 Å². The molecule has 1 fully saturated rings. The molecule has 0 aromatic heterocycles. The molecule has 0 spiro atoms. The van der Waals surface area contributed by atoms with Crippen molar-refractivity contribution in [1.82, 2.24) is 5.32 Å². The van der Waals surface area contributed by atoms with E-state index in [1.165, 1.54) is 0 Å². The normalized spacial score (nSPS) is 30.3. The van der Waals surface area contributed by atoms with E-state index in [1.54, 1.807) is 0 Å². The smallest absolute Gasteiger partial charge is 0.111 e. The minimum absolute atomic E-state index is 0.262. The van der Waals surface area contributed by atoms with E-state index in [1.807, 2.05) is 0 Å². The molecule has 16 heavy (non-hydrogen) atoms. The molecule has 92 valence electrons. The SMILES string of the molecule is CCCC1CC(C#N)(NCC(C)C)CCO1. The number of ether oxygens (including phenoxy) is 1. The van der Waals surface area contributed by atoms with Crippen LogP contribution in [0.5, 0.6) is 0 Å². The molecule has 1 N–H and O–H groups in total. The summed E-state index contributed by atoms with van der Waals surface area (Å²) in [4.78, 5) is 0. The van der Waals surface area contributed by atoms with Gasteiger partial charge in [-0.3, -0.25) is 5.32 Å². The minimum Gasteiger partial charge on any atom is -0.378 e. The van der Waals surface area contributed by atoms with Gasteiger partial charge in [0.2, 0.25) is 0 Å². The molecule has 0 bridgehead atoms. The summed E-state index contributed by atoms with van der Waals surface area (Å²) >= 11 is 0. The Kier molecular flexibility index (Phi) is 5.24. The second kappa shape index (κ2) is 6.22. The third-order valence-electron chi connectivity index (χ3n) is 3.13. The standard InChI is InChI=1S/C13H24N2O/c1-4-5-12-8-13(10-14,6-7-16-12)15-9-11(2)3/h11-12,15H,4-9H2,1-3H3. The van der Waals surface area contributed by atoms with Crippen molar-refractivity contribution in [2.75, 3.05) is 13.2 Å². The van der Waals surface area contributed by atoms with Gasteiger partial charge in [-0.1, -0.05) is 27.2 Å². The van der Waals surface area contributed by atoms with Crippen LogP contribution < -0.4 is 5.32 Å². The number of nitriles is 1. The Hall–Kier alpha value is -0.590. The summed E-state index contributed by atoms with van der Waals surface area (Å²) in [7, 11) is 0. The van der Waals surface area contributed by atoms with Crippen LogP contribution in [0.25, 0.3) is 0 Å². The highest BCUT2D eigenvalue weighted by molar-refractivity contribution is 5.09. The summed E-state index contributed by atoms with van der Waals surface area (Å²) < 4.78 is 5.69. The van der Waals surface area contributed by atoms with Crippen molar-refractivity contribution >= 4 is 0 Å². The molecule has 1 saturated heterocycles. The van der Waals surface area contributed by atoms with Crippen LogP contribution in [-0.4, -0.2) is 24.8 Å². The maximum absolute atomic E-state index is 9.37. The Morgan fingerprint density at radius 1 is 1.56 bits per heavy atom. The molecule has 0 amide bonds. The van der Waals surface area contributed by atoms with Crippen molar-refractivity contribution in [2.45, 2.75) is 58.1 Å². The van der Waals surface area contributed by atoms with Gasteiger partial charge in [0.1, 0.15) is 5.54 Å². The molecule has 0 radical (unpaired) electrons. The topological polar surface area (TPSA) is 45.0 Å². The average Bonchev–Trinajstić information content (AvgIpc) is 2.27. The lowest BCUT2D eigenvalue weighted by molar-refractivity contribution is -0.0191. The third-order valence-corrected chi connectivity index (χ3v) is 3.13. The van der Waals surface area contributed by atoms with Crippen molar-refractivity contribution < 1.29 is 4.74 Å². The number of rotatable bonds is 5. The molecule has 1 aliphatic rings. The van der Waals surface area contributed by atoms with Gasteiger partial charge in [0.05, 0.1) is 12.2 Å². The summed E-state index contributed by atoms with van der Waals surface area (Å²) in [5.41, 5.74) is -0.345. The van der Waals surface area contributed by atoms with Crippen molar-refractivity contribution in [2.24, 2.45) is 5.92 Å². The molecule has 2 atom stereocenters. The fraction of sp³-hybridized carbons (Fsp3) is 0.923. The quantitative estimate of drug-likeness (QED) is 0.780. The predicted octanol–water partition coefficient (Wildman–Crippen LogP) is 2.47. The number of hydrogen-bond donors (Lipinski definition) is 1. The molecular formula is C13H24N2O. The van der Waals surface area contributed by atoms with Crippen molar-refractivity contribution in [3.63, 3.8) is 0 Å². The van der Waals surface area contributed by atoms with E-state index < -0.39 is 0 Å².